The summed E-state index contributed by atoms with van der Waals surface area (Å²) in [6, 6.07) is 7.44. The Kier molecular flexibility index (Phi) is 5.24. The second-order valence-electron chi connectivity index (χ2n) is 5.70. The van der Waals surface area contributed by atoms with Crippen LogP contribution in [0.1, 0.15) is 31.4 Å². The Morgan fingerprint density at radius 1 is 1.43 bits per heavy atom. The molecule has 0 radical (unpaired) electrons. The van der Waals surface area contributed by atoms with Crippen LogP contribution in [0, 0.1) is 5.92 Å². The fourth-order valence-corrected chi connectivity index (χ4v) is 3.75. The summed E-state index contributed by atoms with van der Waals surface area (Å²) in [7, 11) is -3.07. The van der Waals surface area contributed by atoms with Gasteiger partial charge in [-0.3, -0.25) is 0 Å². The minimum atomic E-state index is -3.07. The highest BCUT2D eigenvalue weighted by Crippen LogP contribution is 2.26. The van der Waals surface area contributed by atoms with Gasteiger partial charge in [0.25, 0.3) is 0 Å². The van der Waals surface area contributed by atoms with Gasteiger partial charge in [-0.25, -0.2) is 12.7 Å². The first-order valence-electron chi connectivity index (χ1n) is 7.38. The second kappa shape index (κ2) is 6.77. The number of phenols is 1. The number of nitrogens with zero attached hydrogens (tertiary/aromatic N) is 1. The van der Waals surface area contributed by atoms with Gasteiger partial charge in [0, 0.05) is 24.7 Å². The summed E-state index contributed by atoms with van der Waals surface area (Å²) in [4.78, 5) is 0. The van der Waals surface area contributed by atoms with Crippen molar-refractivity contribution in [3.05, 3.63) is 29.8 Å². The van der Waals surface area contributed by atoms with E-state index >= 15 is 0 Å². The molecule has 1 aromatic carbocycles. The molecule has 5 nitrogen and oxygen atoms in total. The van der Waals surface area contributed by atoms with Crippen LogP contribution in [0.5, 0.6) is 5.75 Å². The third-order valence-corrected chi connectivity index (χ3v) is 5.36. The fraction of sp³-hybridized carbons (Fsp3) is 0.600. The number of benzene rings is 1. The van der Waals surface area contributed by atoms with Crippen LogP contribution in [0.3, 0.4) is 0 Å². The van der Waals surface area contributed by atoms with E-state index in [2.05, 4.69) is 12.2 Å². The largest absolute Gasteiger partial charge is 0.508 e. The summed E-state index contributed by atoms with van der Waals surface area (Å²) in [5.41, 5.74) is 0.901. The molecule has 0 unspecified atom stereocenters. The van der Waals surface area contributed by atoms with Crippen molar-refractivity contribution in [1.82, 2.24) is 9.62 Å². The van der Waals surface area contributed by atoms with Crippen molar-refractivity contribution in [3.63, 3.8) is 0 Å². The molecule has 0 aromatic heterocycles. The number of phenolic OH excluding ortho intramolecular Hbond substituents is 1. The van der Waals surface area contributed by atoms with Gasteiger partial charge in [-0.1, -0.05) is 25.1 Å². The number of para-hydroxylation sites is 1. The Morgan fingerprint density at radius 3 is 2.71 bits per heavy atom. The van der Waals surface area contributed by atoms with Gasteiger partial charge in [0.1, 0.15) is 5.75 Å². The Bertz CT molecular complexity index is 574. The predicted octanol–water partition coefficient (Wildman–Crippen LogP) is 1.71. The van der Waals surface area contributed by atoms with E-state index in [4.69, 9.17) is 0 Å². The van der Waals surface area contributed by atoms with E-state index in [0.717, 1.165) is 24.9 Å². The normalized spacial score (nSPS) is 21.5. The zero-order valence-electron chi connectivity index (χ0n) is 12.6. The lowest BCUT2D eigenvalue weighted by Crippen LogP contribution is -2.31. The van der Waals surface area contributed by atoms with E-state index in [-0.39, 0.29) is 6.04 Å². The smallest absolute Gasteiger partial charge is 0.211 e. The summed E-state index contributed by atoms with van der Waals surface area (Å²) in [5, 5.41) is 13.4. The van der Waals surface area contributed by atoms with E-state index in [0.29, 0.717) is 24.8 Å². The van der Waals surface area contributed by atoms with Crippen LogP contribution in [0.4, 0.5) is 0 Å². The highest BCUT2D eigenvalue weighted by molar-refractivity contribution is 7.88. The highest BCUT2D eigenvalue weighted by Gasteiger charge is 2.28. The van der Waals surface area contributed by atoms with Gasteiger partial charge < -0.3 is 10.4 Å². The molecule has 0 aliphatic carbocycles. The molecule has 2 N–H and O–H groups in total. The Hall–Kier alpha value is -1.11. The first-order chi connectivity index (χ1) is 9.91. The maximum atomic E-state index is 11.5. The molecule has 1 aliphatic heterocycles. The lowest BCUT2D eigenvalue weighted by atomic mass is 10.0. The van der Waals surface area contributed by atoms with Gasteiger partial charge in [0.2, 0.25) is 10.0 Å². The zero-order chi connectivity index (χ0) is 15.5. The zero-order valence-corrected chi connectivity index (χ0v) is 13.4. The Balaban J connectivity index is 1.92. The van der Waals surface area contributed by atoms with Crippen LogP contribution in [-0.2, 0) is 10.0 Å². The van der Waals surface area contributed by atoms with Crippen molar-refractivity contribution in [2.75, 3.05) is 25.9 Å². The third kappa shape index (κ3) is 4.18. The quantitative estimate of drug-likeness (QED) is 0.839. The molecule has 0 amide bonds. The SMILES string of the molecule is CC[C@@H](NC[C@H]1CCN(S(C)(=O)=O)C1)c1ccccc1O. The van der Waals surface area contributed by atoms with E-state index in [1.807, 2.05) is 18.2 Å². The third-order valence-electron chi connectivity index (χ3n) is 4.09. The number of rotatable bonds is 6. The maximum absolute atomic E-state index is 11.5. The van der Waals surface area contributed by atoms with Crippen LogP contribution < -0.4 is 5.32 Å². The van der Waals surface area contributed by atoms with Crippen molar-refractivity contribution in [1.29, 1.82) is 0 Å². The number of hydrogen-bond acceptors (Lipinski definition) is 4. The van der Waals surface area contributed by atoms with Crippen LogP contribution in [0.15, 0.2) is 24.3 Å². The maximum Gasteiger partial charge on any atom is 0.211 e. The molecule has 1 fully saturated rings. The molecule has 0 spiro atoms. The number of aromatic hydroxyl groups is 1. The highest BCUT2D eigenvalue weighted by atomic mass is 32.2. The van der Waals surface area contributed by atoms with Crippen molar-refractivity contribution in [2.24, 2.45) is 5.92 Å². The molecule has 0 saturated carbocycles. The molecule has 21 heavy (non-hydrogen) atoms. The van der Waals surface area contributed by atoms with E-state index in [1.54, 1.807) is 10.4 Å². The van der Waals surface area contributed by atoms with Gasteiger partial charge >= 0.3 is 0 Å². The minimum absolute atomic E-state index is 0.0958. The Labute approximate surface area is 127 Å². The van der Waals surface area contributed by atoms with E-state index in [1.165, 1.54) is 6.26 Å². The predicted molar refractivity (Wildman–Crippen MR) is 83.7 cm³/mol. The lowest BCUT2D eigenvalue weighted by Gasteiger charge is -2.21. The summed E-state index contributed by atoms with van der Waals surface area (Å²) < 4.78 is 24.6. The number of nitrogens with one attached hydrogen (secondary N) is 1. The van der Waals surface area contributed by atoms with Crippen LogP contribution in [0.2, 0.25) is 0 Å². The van der Waals surface area contributed by atoms with Crippen molar-refractivity contribution < 1.29 is 13.5 Å². The molecule has 2 rings (SSSR count). The minimum Gasteiger partial charge on any atom is -0.508 e. The molecular formula is C15H24N2O3S. The molecule has 1 saturated heterocycles. The van der Waals surface area contributed by atoms with E-state index in [9.17, 15) is 13.5 Å². The molecule has 118 valence electrons. The summed E-state index contributed by atoms with van der Waals surface area (Å²) >= 11 is 0. The van der Waals surface area contributed by atoms with Crippen molar-refractivity contribution >= 4 is 10.0 Å². The van der Waals surface area contributed by atoms with Crippen molar-refractivity contribution in [2.45, 2.75) is 25.8 Å². The first-order valence-corrected chi connectivity index (χ1v) is 9.23. The number of hydrogen-bond donors (Lipinski definition) is 2. The molecule has 0 bridgehead atoms. The molecule has 6 heteroatoms. The standard InChI is InChI=1S/C15H24N2O3S/c1-3-14(13-6-4-5-7-15(13)18)16-10-12-8-9-17(11-12)21(2,19)20/h4-7,12,14,16,18H,3,8-11H2,1-2H3/t12-,14-/m1/s1. The average molecular weight is 312 g/mol. The Morgan fingerprint density at radius 2 is 2.14 bits per heavy atom. The van der Waals surface area contributed by atoms with Gasteiger partial charge in [-0.2, -0.15) is 0 Å². The number of sulfonamides is 1. The lowest BCUT2D eigenvalue weighted by molar-refractivity contribution is 0.405. The van der Waals surface area contributed by atoms with Gasteiger partial charge in [-0.05, 0) is 31.4 Å². The monoisotopic (exact) mass is 312 g/mol. The molecule has 1 aromatic rings. The second-order valence-corrected chi connectivity index (χ2v) is 7.69. The van der Waals surface area contributed by atoms with Crippen LogP contribution in [0.25, 0.3) is 0 Å². The van der Waals surface area contributed by atoms with E-state index < -0.39 is 10.0 Å². The van der Waals surface area contributed by atoms with Crippen LogP contribution in [-0.4, -0.2) is 43.7 Å². The summed E-state index contributed by atoms with van der Waals surface area (Å²) in [6.45, 7) is 4.03. The molecule has 2 atom stereocenters. The average Bonchev–Trinajstić information content (AvgIpc) is 2.90. The summed E-state index contributed by atoms with van der Waals surface area (Å²) in [5.74, 6) is 0.640. The van der Waals surface area contributed by atoms with Gasteiger partial charge in [-0.15, -0.1) is 0 Å². The van der Waals surface area contributed by atoms with Crippen molar-refractivity contribution in [3.8, 4) is 5.75 Å². The first kappa shape index (κ1) is 16.3. The van der Waals surface area contributed by atoms with Gasteiger partial charge in [0.15, 0.2) is 0 Å². The topological polar surface area (TPSA) is 69.6 Å². The molecule has 1 heterocycles. The molecular weight excluding hydrogens is 288 g/mol. The van der Waals surface area contributed by atoms with Gasteiger partial charge in [0.05, 0.1) is 6.26 Å². The fourth-order valence-electron chi connectivity index (χ4n) is 2.83. The molecule has 1 aliphatic rings. The summed E-state index contributed by atoms with van der Waals surface area (Å²) in [6.07, 6.45) is 3.02. The van der Waals surface area contributed by atoms with Crippen LogP contribution >= 0.6 is 0 Å².